The Balaban J connectivity index is 1.45. The van der Waals surface area contributed by atoms with Gasteiger partial charge in [0.05, 0.1) is 16.5 Å². The molecule has 2 aromatic heterocycles. The maximum absolute atomic E-state index is 15.1. The highest BCUT2D eigenvalue weighted by atomic mass is 19.1. The number of carbonyl (C=O) groups excluding carboxylic acids is 1. The fourth-order valence-corrected chi connectivity index (χ4v) is 4.58. The van der Waals surface area contributed by atoms with E-state index in [1.165, 1.54) is 31.6 Å². The van der Waals surface area contributed by atoms with Crippen LogP contribution >= 0.6 is 0 Å². The van der Waals surface area contributed by atoms with Crippen LogP contribution in [0, 0.1) is 11.6 Å². The summed E-state index contributed by atoms with van der Waals surface area (Å²) in [5, 5.41) is 6.76. The molecule has 1 aliphatic heterocycles. The molecule has 3 heterocycles. The molecule has 0 unspecified atom stereocenters. The fraction of sp³-hybridized carbons (Fsp3) is 0.346. The van der Waals surface area contributed by atoms with Crippen molar-refractivity contribution >= 4 is 22.6 Å². The van der Waals surface area contributed by atoms with Crippen molar-refractivity contribution in [3.63, 3.8) is 0 Å². The number of hydrogen-bond donors (Lipinski definition) is 1. The Morgan fingerprint density at radius 3 is 2.56 bits per heavy atom. The van der Waals surface area contributed by atoms with Gasteiger partial charge in [-0.25, -0.2) is 18.7 Å². The number of piperidine rings is 1. The third-order valence-electron chi connectivity index (χ3n) is 6.59. The molecule has 1 fully saturated rings. The van der Waals surface area contributed by atoms with Crippen molar-refractivity contribution in [2.45, 2.75) is 38.5 Å². The highest BCUT2D eigenvalue weighted by Crippen LogP contribution is 2.36. The molecule has 1 saturated heterocycles. The van der Waals surface area contributed by atoms with Gasteiger partial charge in [-0.1, -0.05) is 25.1 Å². The van der Waals surface area contributed by atoms with E-state index in [-0.39, 0.29) is 22.8 Å². The van der Waals surface area contributed by atoms with Crippen molar-refractivity contribution in [1.29, 1.82) is 0 Å². The second kappa shape index (κ2) is 9.60. The molecule has 8 nitrogen and oxygen atoms in total. The summed E-state index contributed by atoms with van der Waals surface area (Å²) in [7, 11) is 1.44. The first-order chi connectivity index (χ1) is 17.4. The number of nitrogens with one attached hydrogen (secondary N) is 1. The third-order valence-corrected chi connectivity index (χ3v) is 6.59. The van der Waals surface area contributed by atoms with Crippen LogP contribution < -0.4 is 10.2 Å². The Labute approximate surface area is 206 Å². The standard InChI is InChI=1S/C26H26F2N6O2/c1-14(2)23-32-26(36-33-23)15-8-10-34(11-9-15)24-21-19(27)7-6-17(22(21)30-13-31-24)16-4-5-18(20(28)12-16)25(35)29-3/h4-7,12-15H,8-11H2,1-3H3,(H,29,35). The zero-order chi connectivity index (χ0) is 25.4. The van der Waals surface area contributed by atoms with Crippen molar-refractivity contribution in [3.8, 4) is 11.1 Å². The molecule has 4 aromatic rings. The molecule has 186 valence electrons. The van der Waals surface area contributed by atoms with E-state index in [0.29, 0.717) is 47.3 Å². The smallest absolute Gasteiger partial charge is 0.253 e. The Morgan fingerprint density at radius 1 is 1.11 bits per heavy atom. The van der Waals surface area contributed by atoms with E-state index in [1.54, 1.807) is 12.1 Å². The molecule has 1 N–H and O–H groups in total. The van der Waals surface area contributed by atoms with E-state index in [2.05, 4.69) is 25.4 Å². The van der Waals surface area contributed by atoms with Crippen molar-refractivity contribution in [3.05, 3.63) is 65.6 Å². The molecule has 2 aromatic carbocycles. The summed E-state index contributed by atoms with van der Waals surface area (Å²) in [5.41, 5.74) is 1.37. The van der Waals surface area contributed by atoms with Crippen LogP contribution in [0.2, 0.25) is 0 Å². The minimum absolute atomic E-state index is 0.0624. The molecule has 0 spiro atoms. The summed E-state index contributed by atoms with van der Waals surface area (Å²) in [6.45, 7) is 5.31. The predicted molar refractivity (Wildman–Crippen MR) is 131 cm³/mol. The maximum Gasteiger partial charge on any atom is 0.253 e. The Morgan fingerprint density at radius 2 is 1.89 bits per heavy atom. The largest absolute Gasteiger partial charge is 0.356 e. The highest BCUT2D eigenvalue weighted by molar-refractivity contribution is 6.00. The van der Waals surface area contributed by atoms with E-state index < -0.39 is 17.5 Å². The van der Waals surface area contributed by atoms with Crippen molar-refractivity contribution < 1.29 is 18.1 Å². The molecule has 5 rings (SSSR count). The predicted octanol–water partition coefficient (Wildman–Crippen LogP) is 4.83. The van der Waals surface area contributed by atoms with E-state index >= 15 is 4.39 Å². The van der Waals surface area contributed by atoms with Gasteiger partial charge >= 0.3 is 0 Å². The van der Waals surface area contributed by atoms with Gasteiger partial charge in [-0.3, -0.25) is 4.79 Å². The van der Waals surface area contributed by atoms with Gasteiger partial charge in [-0.05, 0) is 42.7 Å². The fourth-order valence-electron chi connectivity index (χ4n) is 4.58. The highest BCUT2D eigenvalue weighted by Gasteiger charge is 2.28. The number of benzene rings is 2. The van der Waals surface area contributed by atoms with Gasteiger partial charge in [0.15, 0.2) is 5.82 Å². The lowest BCUT2D eigenvalue weighted by Crippen LogP contribution is -2.34. The third kappa shape index (κ3) is 4.27. The molecule has 0 radical (unpaired) electrons. The second-order valence-corrected chi connectivity index (χ2v) is 9.20. The van der Waals surface area contributed by atoms with E-state index in [4.69, 9.17) is 4.52 Å². The first kappa shape index (κ1) is 23.8. The lowest BCUT2D eigenvalue weighted by Gasteiger charge is -2.32. The van der Waals surface area contributed by atoms with Gasteiger partial charge in [0.1, 0.15) is 23.8 Å². The number of halogens is 2. The number of anilines is 1. The van der Waals surface area contributed by atoms with Crippen molar-refractivity contribution in [2.24, 2.45) is 0 Å². The minimum atomic E-state index is -0.665. The van der Waals surface area contributed by atoms with Crippen LogP contribution in [0.1, 0.15) is 60.6 Å². The molecular formula is C26H26F2N6O2. The monoisotopic (exact) mass is 492 g/mol. The molecule has 0 atom stereocenters. The SMILES string of the molecule is CNC(=O)c1ccc(-c2ccc(F)c3c(N4CCC(c5nc(C(C)C)no5)CC4)ncnc23)cc1F. The summed E-state index contributed by atoms with van der Waals surface area (Å²) in [4.78, 5) is 27.2. The van der Waals surface area contributed by atoms with Gasteiger partial charge in [0.2, 0.25) is 5.89 Å². The Kier molecular flexibility index (Phi) is 6.34. The van der Waals surface area contributed by atoms with Crippen LogP contribution in [-0.4, -0.2) is 46.2 Å². The van der Waals surface area contributed by atoms with Gasteiger partial charge in [0.25, 0.3) is 5.91 Å². The normalized spacial score (nSPS) is 14.6. The van der Waals surface area contributed by atoms with Crippen LogP contribution in [0.3, 0.4) is 0 Å². The lowest BCUT2D eigenvalue weighted by atomic mass is 9.96. The summed E-state index contributed by atoms with van der Waals surface area (Å²) < 4.78 is 35.3. The van der Waals surface area contributed by atoms with Crippen LogP contribution in [0.4, 0.5) is 14.6 Å². The van der Waals surface area contributed by atoms with Gasteiger partial charge in [0, 0.05) is 37.5 Å². The van der Waals surface area contributed by atoms with Gasteiger partial charge in [-0.2, -0.15) is 4.98 Å². The zero-order valence-corrected chi connectivity index (χ0v) is 20.3. The maximum atomic E-state index is 15.1. The minimum Gasteiger partial charge on any atom is -0.356 e. The molecule has 36 heavy (non-hydrogen) atoms. The van der Waals surface area contributed by atoms with E-state index in [9.17, 15) is 9.18 Å². The average Bonchev–Trinajstić information content (AvgIpc) is 3.39. The van der Waals surface area contributed by atoms with Gasteiger partial charge in [-0.15, -0.1) is 0 Å². The first-order valence-electron chi connectivity index (χ1n) is 11.9. The number of nitrogens with zero attached hydrogens (tertiary/aromatic N) is 5. The summed E-state index contributed by atoms with van der Waals surface area (Å²) in [5.74, 6) is 0.530. The Hall–Kier alpha value is -3.95. The number of rotatable bonds is 5. The number of carbonyl (C=O) groups is 1. The number of amides is 1. The summed E-state index contributed by atoms with van der Waals surface area (Å²) in [6, 6.07) is 7.21. The van der Waals surface area contributed by atoms with Crippen LogP contribution in [0.15, 0.2) is 41.2 Å². The topological polar surface area (TPSA) is 97.0 Å². The first-order valence-corrected chi connectivity index (χ1v) is 11.9. The molecule has 10 heteroatoms. The molecule has 0 aliphatic carbocycles. The van der Waals surface area contributed by atoms with Gasteiger partial charge < -0.3 is 14.7 Å². The molecule has 1 aliphatic rings. The number of aromatic nitrogens is 4. The quantitative estimate of drug-likeness (QED) is 0.426. The second-order valence-electron chi connectivity index (χ2n) is 9.20. The van der Waals surface area contributed by atoms with E-state index in [0.717, 1.165) is 12.8 Å². The molecule has 1 amide bonds. The van der Waals surface area contributed by atoms with Crippen LogP contribution in [0.25, 0.3) is 22.0 Å². The summed E-state index contributed by atoms with van der Waals surface area (Å²) in [6.07, 6.45) is 2.92. The van der Waals surface area contributed by atoms with Crippen LogP contribution in [-0.2, 0) is 0 Å². The zero-order valence-electron chi connectivity index (χ0n) is 20.3. The molecule has 0 saturated carbocycles. The summed E-state index contributed by atoms with van der Waals surface area (Å²) >= 11 is 0. The number of fused-ring (bicyclic) bond motifs is 1. The van der Waals surface area contributed by atoms with E-state index in [1.807, 2.05) is 18.7 Å². The van der Waals surface area contributed by atoms with Crippen molar-refractivity contribution in [1.82, 2.24) is 25.4 Å². The molecular weight excluding hydrogens is 466 g/mol. The number of hydrogen-bond acceptors (Lipinski definition) is 7. The molecule has 0 bridgehead atoms. The Bertz CT molecular complexity index is 1430. The lowest BCUT2D eigenvalue weighted by molar-refractivity contribution is 0.0959. The average molecular weight is 493 g/mol. The van der Waals surface area contributed by atoms with Crippen LogP contribution in [0.5, 0.6) is 0 Å². The van der Waals surface area contributed by atoms with Crippen molar-refractivity contribution in [2.75, 3.05) is 25.0 Å².